The standard InChI is InChI=1S/C84H76N4O3/c1-11-56(19-18-52-85(57-34-43-67(89-8)44-35-57)64-40-49-73-70-20-12-15-23-76(70)83(4,5)80(73)54-64)86(58-26-30-60(31-27-58)87(62-36-45-68(90-9)46-37-62)65-42-51-79-75(53-65)72-22-14-17-25-78(72)82(79,2)3)59-28-32-61(33-29-59)88(63-38-47-69(91-10)48-39-63)66-41-50-74-71-21-13-16-24-77(71)84(6,7)81(74)55-66/h11-51,53-55H,52H2,1-10H3. The van der Waals surface area contributed by atoms with Crippen LogP contribution in [-0.4, -0.2) is 27.9 Å². The molecule has 0 aliphatic heterocycles. The molecule has 11 aromatic carbocycles. The van der Waals surface area contributed by atoms with Gasteiger partial charge in [-0.3, -0.25) is 0 Å². The van der Waals surface area contributed by atoms with E-state index in [9.17, 15) is 0 Å². The molecule has 0 fully saturated rings. The van der Waals surface area contributed by atoms with Gasteiger partial charge in [0, 0.05) is 85.4 Å². The molecule has 0 saturated carbocycles. The minimum atomic E-state index is -0.170. The number of anilines is 10. The van der Waals surface area contributed by atoms with E-state index in [1.807, 2.05) is 36.4 Å². The Balaban J connectivity index is 0.869. The van der Waals surface area contributed by atoms with Gasteiger partial charge >= 0.3 is 0 Å². The predicted octanol–water partition coefficient (Wildman–Crippen LogP) is 22.0. The monoisotopic (exact) mass is 1190 g/mol. The van der Waals surface area contributed by atoms with Gasteiger partial charge in [0.15, 0.2) is 0 Å². The van der Waals surface area contributed by atoms with Crippen molar-refractivity contribution in [3.63, 3.8) is 0 Å². The van der Waals surface area contributed by atoms with Crippen LogP contribution in [0.4, 0.5) is 56.9 Å². The number of nitrogens with zero attached hydrogens (tertiary/aromatic N) is 4. The van der Waals surface area contributed by atoms with Crippen LogP contribution in [0.2, 0.25) is 0 Å². The van der Waals surface area contributed by atoms with Crippen LogP contribution in [0, 0.1) is 0 Å². The van der Waals surface area contributed by atoms with E-state index in [0.717, 1.165) is 79.8 Å². The van der Waals surface area contributed by atoms with Crippen molar-refractivity contribution in [2.45, 2.75) is 64.7 Å². The molecular weight excluding hydrogens is 1110 g/mol. The minimum absolute atomic E-state index is 0.113. The number of rotatable bonds is 17. The van der Waals surface area contributed by atoms with Crippen LogP contribution in [0.3, 0.4) is 0 Å². The number of hydrogen-bond acceptors (Lipinski definition) is 7. The summed E-state index contributed by atoms with van der Waals surface area (Å²) in [5.41, 5.74) is 26.8. The molecule has 0 heterocycles. The van der Waals surface area contributed by atoms with Crippen molar-refractivity contribution in [3.8, 4) is 50.6 Å². The lowest BCUT2D eigenvalue weighted by molar-refractivity contribution is 0.414. The maximum Gasteiger partial charge on any atom is 0.119 e. The summed E-state index contributed by atoms with van der Waals surface area (Å²) in [5, 5.41) is 0. The van der Waals surface area contributed by atoms with E-state index in [1.165, 1.54) is 66.8 Å². The second kappa shape index (κ2) is 23.1. The summed E-state index contributed by atoms with van der Waals surface area (Å²) >= 11 is 0. The lowest BCUT2D eigenvalue weighted by Gasteiger charge is -2.31. The fraction of sp³-hybridized carbons (Fsp3) is 0.167. The lowest BCUT2D eigenvalue weighted by atomic mass is 9.82. The van der Waals surface area contributed by atoms with Crippen molar-refractivity contribution in [1.29, 1.82) is 0 Å². The van der Waals surface area contributed by atoms with Crippen molar-refractivity contribution < 1.29 is 14.2 Å². The van der Waals surface area contributed by atoms with Crippen molar-refractivity contribution in [1.82, 2.24) is 0 Å². The second-order valence-electron chi connectivity index (χ2n) is 25.6. The van der Waals surface area contributed by atoms with Crippen LogP contribution >= 0.6 is 0 Å². The first-order valence-electron chi connectivity index (χ1n) is 31.6. The Hall–Kier alpha value is -10.5. The van der Waals surface area contributed by atoms with Crippen molar-refractivity contribution in [2.75, 3.05) is 47.5 Å². The van der Waals surface area contributed by atoms with Gasteiger partial charge in [-0.1, -0.05) is 145 Å². The molecule has 11 aromatic rings. The van der Waals surface area contributed by atoms with E-state index in [0.29, 0.717) is 6.54 Å². The van der Waals surface area contributed by atoms with Gasteiger partial charge in [0.25, 0.3) is 0 Å². The van der Waals surface area contributed by atoms with Crippen molar-refractivity contribution in [2.24, 2.45) is 0 Å². The molecule has 0 N–H and O–H groups in total. The summed E-state index contributed by atoms with van der Waals surface area (Å²) < 4.78 is 17.0. The van der Waals surface area contributed by atoms with Gasteiger partial charge < -0.3 is 33.8 Å². The average molecular weight is 1190 g/mol. The highest BCUT2D eigenvalue weighted by molar-refractivity contribution is 5.90. The largest absolute Gasteiger partial charge is 0.497 e. The highest BCUT2D eigenvalue weighted by Gasteiger charge is 2.38. The van der Waals surface area contributed by atoms with Crippen LogP contribution in [0.25, 0.3) is 33.4 Å². The Morgan fingerprint density at radius 3 is 1.08 bits per heavy atom. The quantitative estimate of drug-likeness (QED) is 0.0842. The van der Waals surface area contributed by atoms with Gasteiger partial charge in [0.1, 0.15) is 17.2 Å². The van der Waals surface area contributed by atoms with E-state index in [2.05, 4.69) is 299 Å². The molecule has 3 aliphatic carbocycles. The third-order valence-electron chi connectivity index (χ3n) is 19.4. The molecule has 450 valence electrons. The number of methoxy groups -OCH3 is 3. The molecule has 14 rings (SSSR count). The summed E-state index contributed by atoms with van der Waals surface area (Å²) in [6.45, 7) is 16.8. The Morgan fingerprint density at radius 1 is 0.319 bits per heavy atom. The molecule has 91 heavy (non-hydrogen) atoms. The van der Waals surface area contributed by atoms with Gasteiger partial charge in [-0.25, -0.2) is 0 Å². The highest BCUT2D eigenvalue weighted by Crippen LogP contribution is 2.54. The first kappa shape index (κ1) is 58.2. The third-order valence-corrected chi connectivity index (χ3v) is 19.4. The summed E-state index contributed by atoms with van der Waals surface area (Å²) in [7, 11) is 5.15. The van der Waals surface area contributed by atoms with Crippen LogP contribution < -0.4 is 33.8 Å². The maximum absolute atomic E-state index is 5.69. The highest BCUT2D eigenvalue weighted by atomic mass is 16.5. The molecule has 0 spiro atoms. The van der Waals surface area contributed by atoms with Crippen LogP contribution in [0.5, 0.6) is 17.2 Å². The van der Waals surface area contributed by atoms with Crippen LogP contribution in [0.1, 0.15) is 81.8 Å². The van der Waals surface area contributed by atoms with Gasteiger partial charge in [0.05, 0.1) is 21.3 Å². The molecule has 0 radical (unpaired) electrons. The normalized spacial score (nSPS) is 14.2. The number of ether oxygens (including phenoxy) is 3. The minimum Gasteiger partial charge on any atom is -0.497 e. The number of allylic oxidation sites excluding steroid dienone is 2. The average Bonchev–Trinajstić information content (AvgIpc) is 1.97. The number of fused-ring (bicyclic) bond motifs is 9. The molecule has 0 bridgehead atoms. The Kier molecular flexibility index (Phi) is 14.8. The van der Waals surface area contributed by atoms with Crippen molar-refractivity contribution >= 4 is 56.9 Å². The molecule has 0 amide bonds. The first-order valence-corrected chi connectivity index (χ1v) is 31.6. The molecule has 3 aliphatic rings. The summed E-state index contributed by atoms with van der Waals surface area (Å²) in [6.07, 6.45) is 6.78. The van der Waals surface area contributed by atoms with E-state index in [1.54, 1.807) is 21.3 Å². The molecule has 0 atom stereocenters. The van der Waals surface area contributed by atoms with Crippen LogP contribution in [0.15, 0.2) is 273 Å². The summed E-state index contributed by atoms with van der Waals surface area (Å²) in [5.74, 6) is 2.43. The molecule has 0 saturated heterocycles. The smallest absolute Gasteiger partial charge is 0.119 e. The Labute approximate surface area is 537 Å². The van der Waals surface area contributed by atoms with Gasteiger partial charge in [0.2, 0.25) is 0 Å². The fourth-order valence-electron chi connectivity index (χ4n) is 14.5. The third kappa shape index (κ3) is 10.1. The second-order valence-corrected chi connectivity index (χ2v) is 25.6. The van der Waals surface area contributed by atoms with E-state index in [-0.39, 0.29) is 16.2 Å². The number of benzene rings is 11. The van der Waals surface area contributed by atoms with Crippen LogP contribution in [-0.2, 0) is 16.2 Å². The molecule has 0 aromatic heterocycles. The Morgan fingerprint density at radius 2 is 0.637 bits per heavy atom. The SMILES string of the molecule is CC=C(C=CCN(c1ccc(OC)cc1)c1ccc2c(c1)C(C)(C)c1ccccc1-2)N(c1ccc(N(c2ccc(OC)cc2)c2ccc3c(c2)-c2ccccc2C3(C)C)cc1)c1ccc(N(c2ccc(OC)cc2)c2ccc3c(c2)C(C)(C)c2ccccc2-3)cc1. The van der Waals surface area contributed by atoms with Gasteiger partial charge in [-0.05, 0) is 237 Å². The topological polar surface area (TPSA) is 40.7 Å². The fourth-order valence-corrected chi connectivity index (χ4v) is 14.5. The predicted molar refractivity (Wildman–Crippen MR) is 380 cm³/mol. The number of hydrogen-bond donors (Lipinski definition) is 0. The molecule has 7 nitrogen and oxygen atoms in total. The molecule has 0 unspecified atom stereocenters. The zero-order chi connectivity index (χ0) is 62.8. The zero-order valence-corrected chi connectivity index (χ0v) is 53.6. The van der Waals surface area contributed by atoms with E-state index >= 15 is 0 Å². The lowest BCUT2D eigenvalue weighted by Crippen LogP contribution is -2.20. The summed E-state index contributed by atoms with van der Waals surface area (Å²) in [4.78, 5) is 9.48. The van der Waals surface area contributed by atoms with Gasteiger partial charge in [-0.2, -0.15) is 0 Å². The maximum atomic E-state index is 5.69. The molecular formula is C84H76N4O3. The Bertz CT molecular complexity index is 4600. The van der Waals surface area contributed by atoms with E-state index < -0.39 is 0 Å². The van der Waals surface area contributed by atoms with Crippen molar-refractivity contribution in [3.05, 3.63) is 306 Å². The molecule has 7 heteroatoms. The summed E-state index contributed by atoms with van der Waals surface area (Å²) in [6, 6.07) is 90.6. The first-order chi connectivity index (χ1) is 44.2. The van der Waals surface area contributed by atoms with Gasteiger partial charge in [-0.15, -0.1) is 0 Å². The van der Waals surface area contributed by atoms with E-state index in [4.69, 9.17) is 14.2 Å². The zero-order valence-electron chi connectivity index (χ0n) is 53.6.